The lowest BCUT2D eigenvalue weighted by Gasteiger charge is -1.96. The maximum atomic E-state index is 11.8. The predicted octanol–water partition coefficient (Wildman–Crippen LogP) is 1.23. The van der Waals surface area contributed by atoms with Gasteiger partial charge in [-0.1, -0.05) is 11.3 Å². The Kier molecular flexibility index (Phi) is 3.71. The van der Waals surface area contributed by atoms with Crippen molar-refractivity contribution in [3.05, 3.63) is 35.1 Å². The zero-order chi connectivity index (χ0) is 13.8. The molecule has 0 bridgehead atoms. The minimum atomic E-state index is -1.03. The SMILES string of the molecule is Cn1ccc(C(=O)Nc2ncc(/C=C/C(=O)O)s2)n1. The Balaban J connectivity index is 2.04. The molecule has 8 heteroatoms. The highest BCUT2D eigenvalue weighted by Gasteiger charge is 2.10. The van der Waals surface area contributed by atoms with Crippen LogP contribution in [0.1, 0.15) is 15.4 Å². The van der Waals surface area contributed by atoms with Crippen molar-refractivity contribution in [2.45, 2.75) is 0 Å². The van der Waals surface area contributed by atoms with Crippen LogP contribution in [0.4, 0.5) is 5.13 Å². The van der Waals surface area contributed by atoms with Crippen molar-refractivity contribution in [3.8, 4) is 0 Å². The molecule has 0 unspecified atom stereocenters. The number of nitrogens with one attached hydrogen (secondary N) is 1. The molecule has 0 aliphatic carbocycles. The number of aliphatic carboxylic acids is 1. The fourth-order valence-corrected chi connectivity index (χ4v) is 1.99. The smallest absolute Gasteiger partial charge is 0.328 e. The average Bonchev–Trinajstić information content (AvgIpc) is 2.95. The Morgan fingerprint density at radius 1 is 1.53 bits per heavy atom. The van der Waals surface area contributed by atoms with Gasteiger partial charge in [-0.05, 0) is 12.1 Å². The van der Waals surface area contributed by atoms with Crippen LogP contribution in [0, 0.1) is 0 Å². The number of thiazole rings is 1. The third-order valence-corrected chi connectivity index (χ3v) is 2.96. The number of carbonyl (C=O) groups is 2. The number of carbonyl (C=O) groups excluding carboxylic acids is 1. The van der Waals surface area contributed by atoms with E-state index >= 15 is 0 Å². The maximum absolute atomic E-state index is 11.8. The minimum absolute atomic E-state index is 0.292. The number of amides is 1. The zero-order valence-corrected chi connectivity index (χ0v) is 10.7. The van der Waals surface area contributed by atoms with Crippen molar-refractivity contribution in [1.82, 2.24) is 14.8 Å². The Morgan fingerprint density at radius 3 is 2.95 bits per heavy atom. The number of carboxylic acid groups (broad SMARTS) is 1. The quantitative estimate of drug-likeness (QED) is 0.820. The highest BCUT2D eigenvalue weighted by atomic mass is 32.1. The van der Waals surface area contributed by atoms with E-state index in [1.54, 1.807) is 19.3 Å². The van der Waals surface area contributed by atoms with E-state index in [-0.39, 0.29) is 5.91 Å². The van der Waals surface area contributed by atoms with Crippen molar-refractivity contribution in [2.75, 3.05) is 5.32 Å². The topological polar surface area (TPSA) is 97.1 Å². The van der Waals surface area contributed by atoms with Crippen LogP contribution in [0.25, 0.3) is 6.08 Å². The van der Waals surface area contributed by atoms with Gasteiger partial charge >= 0.3 is 5.97 Å². The first-order valence-corrected chi connectivity index (χ1v) is 6.04. The number of carboxylic acids is 1. The van der Waals surface area contributed by atoms with Gasteiger partial charge < -0.3 is 5.11 Å². The molecule has 2 N–H and O–H groups in total. The first-order chi connectivity index (χ1) is 9.04. The van der Waals surface area contributed by atoms with Gasteiger partial charge in [0.1, 0.15) is 0 Å². The summed E-state index contributed by atoms with van der Waals surface area (Å²) < 4.78 is 1.53. The van der Waals surface area contributed by atoms with Crippen molar-refractivity contribution in [2.24, 2.45) is 7.05 Å². The van der Waals surface area contributed by atoms with E-state index in [9.17, 15) is 9.59 Å². The Hall–Kier alpha value is -2.48. The molecule has 2 aromatic rings. The van der Waals surface area contributed by atoms with Crippen molar-refractivity contribution in [3.63, 3.8) is 0 Å². The summed E-state index contributed by atoms with van der Waals surface area (Å²) in [6, 6.07) is 1.59. The van der Waals surface area contributed by atoms with Gasteiger partial charge in [0.25, 0.3) is 5.91 Å². The highest BCUT2D eigenvalue weighted by Crippen LogP contribution is 2.19. The number of nitrogens with zero attached hydrogens (tertiary/aromatic N) is 3. The molecule has 0 fully saturated rings. The van der Waals surface area contributed by atoms with Crippen LogP contribution in [-0.2, 0) is 11.8 Å². The Bertz CT molecular complexity index is 644. The molecule has 0 aliphatic rings. The third-order valence-electron chi connectivity index (χ3n) is 2.08. The van der Waals surface area contributed by atoms with E-state index in [0.29, 0.717) is 15.7 Å². The van der Waals surface area contributed by atoms with E-state index in [2.05, 4.69) is 15.4 Å². The number of hydrogen-bond donors (Lipinski definition) is 2. The van der Waals surface area contributed by atoms with Crippen molar-refractivity contribution >= 4 is 34.4 Å². The first kappa shape index (κ1) is 13.0. The van der Waals surface area contributed by atoms with Gasteiger partial charge in [-0.15, -0.1) is 0 Å². The number of rotatable bonds is 4. The molecule has 2 rings (SSSR count). The maximum Gasteiger partial charge on any atom is 0.328 e. The van der Waals surface area contributed by atoms with E-state index in [1.165, 1.54) is 28.3 Å². The molecule has 0 aliphatic heterocycles. The largest absolute Gasteiger partial charge is 0.478 e. The molecule has 0 saturated carbocycles. The lowest BCUT2D eigenvalue weighted by Crippen LogP contribution is -2.12. The van der Waals surface area contributed by atoms with E-state index in [0.717, 1.165) is 6.08 Å². The van der Waals surface area contributed by atoms with Crippen molar-refractivity contribution in [1.29, 1.82) is 0 Å². The summed E-state index contributed by atoms with van der Waals surface area (Å²) in [6.45, 7) is 0. The fourth-order valence-electron chi connectivity index (χ4n) is 1.27. The first-order valence-electron chi connectivity index (χ1n) is 5.22. The summed E-state index contributed by atoms with van der Waals surface area (Å²) in [5.41, 5.74) is 0.292. The lowest BCUT2D eigenvalue weighted by molar-refractivity contribution is -0.131. The second-order valence-corrected chi connectivity index (χ2v) is 4.63. The summed E-state index contributed by atoms with van der Waals surface area (Å²) >= 11 is 1.18. The van der Waals surface area contributed by atoms with Gasteiger partial charge in [0.15, 0.2) is 10.8 Å². The van der Waals surface area contributed by atoms with Crippen LogP contribution in [0.2, 0.25) is 0 Å². The Labute approximate surface area is 112 Å². The van der Waals surface area contributed by atoms with Gasteiger partial charge in [0.05, 0.1) is 0 Å². The second kappa shape index (κ2) is 5.44. The molecule has 0 aromatic carbocycles. The predicted molar refractivity (Wildman–Crippen MR) is 69.9 cm³/mol. The summed E-state index contributed by atoms with van der Waals surface area (Å²) in [5, 5.41) is 15.4. The molecule has 2 heterocycles. The molecule has 7 nitrogen and oxygen atoms in total. The van der Waals surface area contributed by atoms with Gasteiger partial charge in [-0.2, -0.15) is 5.10 Å². The van der Waals surface area contributed by atoms with Gasteiger partial charge in [0, 0.05) is 30.4 Å². The number of aromatic nitrogens is 3. The molecule has 2 aromatic heterocycles. The molecular formula is C11H10N4O3S. The third kappa shape index (κ3) is 3.49. The standard InChI is InChI=1S/C11H10N4O3S/c1-15-5-4-8(14-15)10(18)13-11-12-6-7(19-11)2-3-9(16)17/h2-6H,1H3,(H,16,17)(H,12,13,18)/b3-2+. The van der Waals surface area contributed by atoms with Crippen LogP contribution < -0.4 is 5.32 Å². The van der Waals surface area contributed by atoms with Crippen LogP contribution in [-0.4, -0.2) is 31.7 Å². The van der Waals surface area contributed by atoms with Crippen LogP contribution >= 0.6 is 11.3 Å². The Morgan fingerprint density at radius 2 is 2.32 bits per heavy atom. The van der Waals surface area contributed by atoms with Crippen LogP contribution in [0.5, 0.6) is 0 Å². The fraction of sp³-hybridized carbons (Fsp3) is 0.0909. The number of anilines is 1. The second-order valence-electron chi connectivity index (χ2n) is 3.57. The average molecular weight is 278 g/mol. The molecule has 19 heavy (non-hydrogen) atoms. The van der Waals surface area contributed by atoms with Gasteiger partial charge in [-0.25, -0.2) is 9.78 Å². The van der Waals surface area contributed by atoms with Crippen LogP contribution in [0.15, 0.2) is 24.5 Å². The normalized spacial score (nSPS) is 10.8. The summed E-state index contributed by atoms with van der Waals surface area (Å²) in [4.78, 5) is 26.7. The molecular weight excluding hydrogens is 268 g/mol. The van der Waals surface area contributed by atoms with Crippen molar-refractivity contribution < 1.29 is 14.7 Å². The number of aryl methyl sites for hydroxylation is 1. The lowest BCUT2D eigenvalue weighted by atomic mass is 10.4. The molecule has 0 spiro atoms. The van der Waals surface area contributed by atoms with Gasteiger partial charge in [-0.3, -0.25) is 14.8 Å². The molecule has 98 valence electrons. The monoisotopic (exact) mass is 278 g/mol. The highest BCUT2D eigenvalue weighted by molar-refractivity contribution is 7.16. The van der Waals surface area contributed by atoms with Crippen LogP contribution in [0.3, 0.4) is 0 Å². The number of hydrogen-bond acceptors (Lipinski definition) is 5. The van der Waals surface area contributed by atoms with E-state index < -0.39 is 5.97 Å². The molecule has 0 atom stereocenters. The minimum Gasteiger partial charge on any atom is -0.478 e. The van der Waals surface area contributed by atoms with E-state index in [4.69, 9.17) is 5.11 Å². The zero-order valence-electron chi connectivity index (χ0n) is 9.90. The molecule has 1 amide bonds. The molecule has 0 saturated heterocycles. The van der Waals surface area contributed by atoms with Gasteiger partial charge in [0.2, 0.25) is 0 Å². The van der Waals surface area contributed by atoms with E-state index in [1.807, 2.05) is 0 Å². The molecule has 0 radical (unpaired) electrons. The summed E-state index contributed by atoms with van der Waals surface area (Å²) in [5.74, 6) is -1.39. The summed E-state index contributed by atoms with van der Waals surface area (Å²) in [7, 11) is 1.72. The summed E-state index contributed by atoms with van der Waals surface area (Å²) in [6.07, 6.45) is 5.57.